The molecule has 4 nitrogen and oxygen atoms in total. The highest BCUT2D eigenvalue weighted by molar-refractivity contribution is 5.72. The van der Waals surface area contributed by atoms with Crippen LogP contribution in [0.2, 0.25) is 0 Å². The standard InChI is InChI=1S/C17H33NO3/c1-3-4-5-6-7-9-12-16(17(20)21)13-10-8-11-14-18-15(2)19/h16H,3-14H2,1-2H3,(H,18,19)(H,20,21). The number of hydrogen-bond donors (Lipinski definition) is 2. The number of nitrogens with one attached hydrogen (secondary N) is 1. The van der Waals surface area contributed by atoms with Gasteiger partial charge in [0.15, 0.2) is 0 Å². The molecule has 0 heterocycles. The highest BCUT2D eigenvalue weighted by Crippen LogP contribution is 2.18. The first-order chi connectivity index (χ1) is 10.1. The van der Waals surface area contributed by atoms with Crippen molar-refractivity contribution in [2.75, 3.05) is 6.54 Å². The first-order valence-corrected chi connectivity index (χ1v) is 8.55. The van der Waals surface area contributed by atoms with Gasteiger partial charge in [0.2, 0.25) is 5.91 Å². The Hall–Kier alpha value is -1.06. The molecule has 1 unspecified atom stereocenters. The van der Waals surface area contributed by atoms with Gasteiger partial charge in [0.1, 0.15) is 0 Å². The monoisotopic (exact) mass is 299 g/mol. The Kier molecular flexibility index (Phi) is 13.2. The lowest BCUT2D eigenvalue weighted by molar-refractivity contribution is -0.142. The number of unbranched alkanes of at least 4 members (excludes halogenated alkanes) is 7. The van der Waals surface area contributed by atoms with Crippen molar-refractivity contribution in [1.82, 2.24) is 5.32 Å². The number of carbonyl (C=O) groups excluding carboxylic acids is 1. The van der Waals surface area contributed by atoms with Crippen molar-refractivity contribution in [3.8, 4) is 0 Å². The number of carbonyl (C=O) groups is 2. The minimum absolute atomic E-state index is 0.00138. The Morgan fingerprint density at radius 2 is 1.43 bits per heavy atom. The number of carboxylic acids is 1. The summed E-state index contributed by atoms with van der Waals surface area (Å²) >= 11 is 0. The lowest BCUT2D eigenvalue weighted by Crippen LogP contribution is -2.20. The molecule has 21 heavy (non-hydrogen) atoms. The van der Waals surface area contributed by atoms with Crippen LogP contribution < -0.4 is 5.32 Å². The van der Waals surface area contributed by atoms with Crippen LogP contribution in [0.3, 0.4) is 0 Å². The van der Waals surface area contributed by atoms with Crippen molar-refractivity contribution in [2.24, 2.45) is 5.92 Å². The summed E-state index contributed by atoms with van der Waals surface area (Å²) < 4.78 is 0. The summed E-state index contributed by atoms with van der Waals surface area (Å²) in [6, 6.07) is 0. The number of hydrogen-bond acceptors (Lipinski definition) is 2. The molecule has 0 aliphatic rings. The van der Waals surface area contributed by atoms with Crippen molar-refractivity contribution < 1.29 is 14.7 Å². The van der Waals surface area contributed by atoms with Crippen molar-refractivity contribution in [3.63, 3.8) is 0 Å². The van der Waals surface area contributed by atoms with Crippen LogP contribution in [0.15, 0.2) is 0 Å². The molecule has 1 amide bonds. The summed E-state index contributed by atoms with van der Waals surface area (Å²) in [5, 5.41) is 12.0. The van der Waals surface area contributed by atoms with Crippen LogP contribution in [0, 0.1) is 5.92 Å². The zero-order valence-corrected chi connectivity index (χ0v) is 13.8. The summed E-state index contributed by atoms with van der Waals surface area (Å²) in [7, 11) is 0. The fourth-order valence-corrected chi connectivity index (χ4v) is 2.52. The van der Waals surface area contributed by atoms with E-state index in [1.165, 1.54) is 32.6 Å². The van der Waals surface area contributed by atoms with Crippen molar-refractivity contribution in [3.05, 3.63) is 0 Å². The summed E-state index contributed by atoms with van der Waals surface area (Å²) in [6.45, 7) is 4.41. The van der Waals surface area contributed by atoms with Crippen LogP contribution >= 0.6 is 0 Å². The Balaban J connectivity index is 3.58. The molecule has 0 saturated carbocycles. The maximum absolute atomic E-state index is 11.2. The molecule has 0 fully saturated rings. The molecule has 0 aliphatic carbocycles. The van der Waals surface area contributed by atoms with Crippen LogP contribution in [-0.4, -0.2) is 23.5 Å². The molecule has 0 saturated heterocycles. The number of amides is 1. The lowest BCUT2D eigenvalue weighted by atomic mass is 9.94. The van der Waals surface area contributed by atoms with Crippen LogP contribution in [0.25, 0.3) is 0 Å². The minimum atomic E-state index is -0.648. The molecule has 0 aromatic rings. The van der Waals surface area contributed by atoms with E-state index in [1.54, 1.807) is 0 Å². The second-order valence-electron chi connectivity index (χ2n) is 5.92. The van der Waals surface area contributed by atoms with Crippen molar-refractivity contribution >= 4 is 11.9 Å². The van der Waals surface area contributed by atoms with Crippen LogP contribution in [0.1, 0.15) is 84.5 Å². The Bertz CT molecular complexity index is 279. The van der Waals surface area contributed by atoms with Crippen molar-refractivity contribution in [2.45, 2.75) is 84.5 Å². The van der Waals surface area contributed by atoms with Crippen LogP contribution in [0.5, 0.6) is 0 Å². The number of aliphatic carboxylic acids is 1. The topological polar surface area (TPSA) is 66.4 Å². The van der Waals surface area contributed by atoms with E-state index in [9.17, 15) is 14.7 Å². The smallest absolute Gasteiger partial charge is 0.306 e. The van der Waals surface area contributed by atoms with E-state index in [0.717, 1.165) is 44.9 Å². The predicted molar refractivity (Wildman–Crippen MR) is 86.3 cm³/mol. The van der Waals surface area contributed by atoms with E-state index in [2.05, 4.69) is 12.2 Å². The Morgan fingerprint density at radius 3 is 1.95 bits per heavy atom. The number of carboxylic acid groups (broad SMARTS) is 1. The predicted octanol–water partition coefficient (Wildman–Crippen LogP) is 4.13. The van der Waals surface area contributed by atoms with Gasteiger partial charge in [0.05, 0.1) is 5.92 Å². The van der Waals surface area contributed by atoms with E-state index in [1.807, 2.05) is 0 Å². The van der Waals surface area contributed by atoms with E-state index < -0.39 is 5.97 Å². The second kappa shape index (κ2) is 13.9. The van der Waals surface area contributed by atoms with Crippen LogP contribution in [0.4, 0.5) is 0 Å². The second-order valence-corrected chi connectivity index (χ2v) is 5.92. The van der Waals surface area contributed by atoms with Gasteiger partial charge in [-0.05, 0) is 19.3 Å². The van der Waals surface area contributed by atoms with E-state index in [4.69, 9.17) is 0 Å². The molecule has 124 valence electrons. The molecule has 0 aliphatic heterocycles. The van der Waals surface area contributed by atoms with Gasteiger partial charge in [0, 0.05) is 13.5 Å². The van der Waals surface area contributed by atoms with Crippen molar-refractivity contribution in [1.29, 1.82) is 0 Å². The fourth-order valence-electron chi connectivity index (χ4n) is 2.52. The molecule has 4 heteroatoms. The van der Waals surface area contributed by atoms with Crippen LogP contribution in [-0.2, 0) is 9.59 Å². The quantitative estimate of drug-likeness (QED) is 0.474. The zero-order chi connectivity index (χ0) is 15.9. The first-order valence-electron chi connectivity index (χ1n) is 8.55. The molecule has 0 radical (unpaired) electrons. The third kappa shape index (κ3) is 13.7. The number of rotatable bonds is 14. The molecule has 1 atom stereocenters. The van der Waals surface area contributed by atoms with Gasteiger partial charge in [0.25, 0.3) is 0 Å². The molecule has 0 bridgehead atoms. The van der Waals surface area contributed by atoms with E-state index in [-0.39, 0.29) is 11.8 Å². The summed E-state index contributed by atoms with van der Waals surface area (Å²) in [4.78, 5) is 21.9. The fraction of sp³-hybridized carbons (Fsp3) is 0.882. The van der Waals surface area contributed by atoms with Gasteiger partial charge >= 0.3 is 5.97 Å². The first kappa shape index (κ1) is 19.9. The molecular weight excluding hydrogens is 266 g/mol. The van der Waals surface area contributed by atoms with Gasteiger partial charge in [-0.25, -0.2) is 0 Å². The Labute approximate surface area is 129 Å². The van der Waals surface area contributed by atoms with E-state index >= 15 is 0 Å². The zero-order valence-electron chi connectivity index (χ0n) is 13.8. The van der Waals surface area contributed by atoms with E-state index in [0.29, 0.717) is 6.54 Å². The lowest BCUT2D eigenvalue weighted by Gasteiger charge is -2.12. The third-order valence-corrected chi connectivity index (χ3v) is 3.86. The Morgan fingerprint density at radius 1 is 0.905 bits per heavy atom. The average molecular weight is 299 g/mol. The molecule has 0 spiro atoms. The maximum atomic E-state index is 11.2. The molecular formula is C17H33NO3. The molecule has 0 rings (SSSR count). The van der Waals surface area contributed by atoms with Gasteiger partial charge in [-0.1, -0.05) is 58.3 Å². The SMILES string of the molecule is CCCCCCCCC(CCCCCNC(C)=O)C(=O)O. The highest BCUT2D eigenvalue weighted by Gasteiger charge is 2.16. The largest absolute Gasteiger partial charge is 0.481 e. The van der Waals surface area contributed by atoms with Gasteiger partial charge < -0.3 is 10.4 Å². The third-order valence-electron chi connectivity index (χ3n) is 3.86. The highest BCUT2D eigenvalue weighted by atomic mass is 16.4. The molecule has 0 aromatic heterocycles. The summed E-state index contributed by atoms with van der Waals surface area (Å²) in [5.41, 5.74) is 0. The molecule has 0 aromatic carbocycles. The van der Waals surface area contributed by atoms with Gasteiger partial charge in [-0.2, -0.15) is 0 Å². The summed E-state index contributed by atoms with van der Waals surface area (Å²) in [6.07, 6.45) is 11.7. The van der Waals surface area contributed by atoms with Gasteiger partial charge in [-0.3, -0.25) is 9.59 Å². The maximum Gasteiger partial charge on any atom is 0.306 e. The molecule has 2 N–H and O–H groups in total. The average Bonchev–Trinajstić information content (AvgIpc) is 2.43. The minimum Gasteiger partial charge on any atom is -0.481 e. The summed E-state index contributed by atoms with van der Waals surface area (Å²) in [5.74, 6) is -0.830. The van der Waals surface area contributed by atoms with Gasteiger partial charge in [-0.15, -0.1) is 0 Å². The normalized spacial score (nSPS) is 12.1.